The van der Waals surface area contributed by atoms with Crippen LogP contribution in [0, 0.1) is 0 Å². The van der Waals surface area contributed by atoms with E-state index in [0.717, 1.165) is 32.3 Å². The van der Waals surface area contributed by atoms with E-state index in [9.17, 15) is 4.79 Å². The van der Waals surface area contributed by atoms with Crippen LogP contribution in [0.4, 0.5) is 0 Å². The van der Waals surface area contributed by atoms with Gasteiger partial charge < -0.3 is 9.47 Å². The van der Waals surface area contributed by atoms with Gasteiger partial charge in [-0.1, -0.05) is 0 Å². The van der Waals surface area contributed by atoms with E-state index in [1.807, 2.05) is 0 Å². The highest BCUT2D eigenvalue weighted by atomic mass is 16.6. The third-order valence-corrected chi connectivity index (χ3v) is 3.07. The van der Waals surface area contributed by atoms with Crippen molar-refractivity contribution < 1.29 is 14.3 Å². The van der Waals surface area contributed by atoms with Crippen LogP contribution < -0.4 is 0 Å². The molecule has 0 bridgehead atoms. The maximum absolute atomic E-state index is 11.1. The van der Waals surface area contributed by atoms with Crippen molar-refractivity contribution in [2.45, 2.75) is 50.7 Å². The zero-order valence-corrected chi connectivity index (χ0v) is 8.04. The molecule has 2 saturated heterocycles. The van der Waals surface area contributed by atoms with E-state index in [-0.39, 0.29) is 17.7 Å². The van der Waals surface area contributed by atoms with E-state index in [4.69, 9.17) is 9.47 Å². The lowest BCUT2D eigenvalue weighted by molar-refractivity contribution is -0.185. The summed E-state index contributed by atoms with van der Waals surface area (Å²) in [5.41, 5.74) is -0.204. The number of carbonyl (C=O) groups is 1. The number of carbonyl (C=O) groups excluding carboxylic acids is 1. The van der Waals surface area contributed by atoms with Crippen molar-refractivity contribution >= 4 is 5.97 Å². The van der Waals surface area contributed by atoms with Crippen molar-refractivity contribution in [3.8, 4) is 0 Å². The first-order valence-corrected chi connectivity index (χ1v) is 5.04. The second kappa shape index (κ2) is 3.29. The molecule has 2 aliphatic rings. The van der Waals surface area contributed by atoms with E-state index in [1.165, 1.54) is 0 Å². The first-order chi connectivity index (χ1) is 6.21. The lowest BCUT2D eigenvalue weighted by Crippen LogP contribution is -2.47. The van der Waals surface area contributed by atoms with Crippen LogP contribution in [0.5, 0.6) is 0 Å². The Morgan fingerprint density at radius 2 is 2.31 bits per heavy atom. The molecule has 0 N–H and O–H groups in total. The van der Waals surface area contributed by atoms with Gasteiger partial charge in [-0.15, -0.1) is 0 Å². The Morgan fingerprint density at radius 3 is 3.15 bits per heavy atom. The van der Waals surface area contributed by atoms with Crippen LogP contribution in [0.25, 0.3) is 0 Å². The zero-order valence-electron chi connectivity index (χ0n) is 8.04. The maximum Gasteiger partial charge on any atom is 0.306 e. The average molecular weight is 184 g/mol. The molecule has 2 fully saturated rings. The molecule has 3 heteroatoms. The van der Waals surface area contributed by atoms with E-state index in [1.54, 1.807) is 0 Å². The highest BCUT2D eigenvalue weighted by molar-refractivity contribution is 5.70. The van der Waals surface area contributed by atoms with Crippen molar-refractivity contribution in [2.24, 2.45) is 0 Å². The second-order valence-electron chi connectivity index (χ2n) is 4.14. The summed E-state index contributed by atoms with van der Waals surface area (Å²) in [5, 5.41) is 0. The van der Waals surface area contributed by atoms with Crippen molar-refractivity contribution in [1.29, 1.82) is 0 Å². The Bertz CT molecular complexity index is 214. The summed E-state index contributed by atoms with van der Waals surface area (Å²) in [6.07, 6.45) is 4.47. The minimum Gasteiger partial charge on any atom is -0.459 e. The molecule has 3 nitrogen and oxygen atoms in total. The molecule has 2 rings (SSSR count). The highest BCUT2D eigenvalue weighted by Gasteiger charge is 2.42. The van der Waals surface area contributed by atoms with Gasteiger partial charge in [-0.05, 0) is 32.6 Å². The monoisotopic (exact) mass is 184 g/mol. The molecule has 0 unspecified atom stereocenters. The molecule has 74 valence electrons. The largest absolute Gasteiger partial charge is 0.459 e. The summed E-state index contributed by atoms with van der Waals surface area (Å²) in [6.45, 7) is 2.87. The Hall–Kier alpha value is -0.570. The fourth-order valence-electron chi connectivity index (χ4n) is 2.12. The van der Waals surface area contributed by atoms with Crippen LogP contribution in [-0.2, 0) is 14.3 Å². The van der Waals surface area contributed by atoms with E-state index in [2.05, 4.69) is 6.92 Å². The fourth-order valence-corrected chi connectivity index (χ4v) is 2.12. The van der Waals surface area contributed by atoms with Gasteiger partial charge >= 0.3 is 5.97 Å². The maximum atomic E-state index is 11.1. The van der Waals surface area contributed by atoms with Gasteiger partial charge in [0.25, 0.3) is 0 Å². The Labute approximate surface area is 78.4 Å². The lowest BCUT2D eigenvalue weighted by atomic mass is 9.88. The summed E-state index contributed by atoms with van der Waals surface area (Å²) in [6, 6.07) is 0. The van der Waals surface area contributed by atoms with Gasteiger partial charge in [0.05, 0.1) is 0 Å². The Morgan fingerprint density at radius 1 is 1.46 bits per heavy atom. The lowest BCUT2D eigenvalue weighted by Gasteiger charge is -2.38. The quantitative estimate of drug-likeness (QED) is 0.537. The molecule has 13 heavy (non-hydrogen) atoms. The van der Waals surface area contributed by atoms with Gasteiger partial charge in [-0.2, -0.15) is 0 Å². The molecule has 2 atom stereocenters. The van der Waals surface area contributed by atoms with Crippen molar-refractivity contribution in [3.63, 3.8) is 0 Å². The van der Waals surface area contributed by atoms with Crippen LogP contribution in [-0.4, -0.2) is 24.3 Å². The fraction of sp³-hybridized carbons (Fsp3) is 0.900. The predicted octanol–water partition coefficient (Wildman–Crippen LogP) is 1.65. The van der Waals surface area contributed by atoms with Crippen LogP contribution in [0.3, 0.4) is 0 Å². The number of fused-ring (bicyclic) bond motifs is 1. The number of rotatable bonds is 0. The normalized spacial score (nSPS) is 40.4. The molecule has 0 amide bonds. The van der Waals surface area contributed by atoms with Crippen molar-refractivity contribution in [1.82, 2.24) is 0 Å². The van der Waals surface area contributed by atoms with Gasteiger partial charge in [-0.25, -0.2) is 0 Å². The summed E-state index contributed by atoms with van der Waals surface area (Å²) in [4.78, 5) is 11.1. The molecule has 0 aliphatic carbocycles. The summed E-state index contributed by atoms with van der Waals surface area (Å²) in [7, 11) is 0. The van der Waals surface area contributed by atoms with E-state index in [0.29, 0.717) is 6.42 Å². The molecule has 0 spiro atoms. The van der Waals surface area contributed by atoms with Crippen molar-refractivity contribution in [3.05, 3.63) is 0 Å². The third-order valence-electron chi connectivity index (χ3n) is 3.07. The van der Waals surface area contributed by atoms with E-state index < -0.39 is 0 Å². The second-order valence-corrected chi connectivity index (χ2v) is 4.14. The predicted molar refractivity (Wildman–Crippen MR) is 47.3 cm³/mol. The topological polar surface area (TPSA) is 35.5 Å². The molecule has 0 aromatic heterocycles. The van der Waals surface area contributed by atoms with Gasteiger partial charge in [0, 0.05) is 13.0 Å². The standard InChI is InChI=1S/C10H16O3/c1-10-6-5-9(11)13-8(10)4-2-3-7-12-10/h8H,2-7H2,1H3/t8-,10+/m1/s1. The van der Waals surface area contributed by atoms with Crippen LogP contribution in [0.15, 0.2) is 0 Å². The average Bonchev–Trinajstić information content (AvgIpc) is 2.28. The first kappa shape index (κ1) is 9.00. The minimum atomic E-state index is -0.204. The summed E-state index contributed by atoms with van der Waals surface area (Å²) >= 11 is 0. The van der Waals surface area contributed by atoms with Gasteiger partial charge in [0.1, 0.15) is 11.7 Å². The SMILES string of the molecule is C[C@]12CCC(=O)O[C@@H]1CCCCO2. The van der Waals surface area contributed by atoms with Gasteiger partial charge in [0.2, 0.25) is 0 Å². The third kappa shape index (κ3) is 1.70. The number of hydrogen-bond donors (Lipinski definition) is 0. The zero-order chi connectivity index (χ0) is 9.31. The molecule has 2 heterocycles. The molecule has 0 saturated carbocycles. The van der Waals surface area contributed by atoms with E-state index >= 15 is 0 Å². The van der Waals surface area contributed by atoms with Gasteiger partial charge in [-0.3, -0.25) is 4.79 Å². The van der Waals surface area contributed by atoms with Gasteiger partial charge in [0.15, 0.2) is 0 Å². The van der Waals surface area contributed by atoms with Crippen LogP contribution in [0.1, 0.15) is 39.0 Å². The Kier molecular flexibility index (Phi) is 2.28. The molecular weight excluding hydrogens is 168 g/mol. The number of ether oxygens (including phenoxy) is 2. The minimum absolute atomic E-state index is 0.00347. The smallest absolute Gasteiger partial charge is 0.306 e. The highest BCUT2D eigenvalue weighted by Crippen LogP contribution is 2.34. The summed E-state index contributed by atoms with van der Waals surface area (Å²) in [5.74, 6) is -0.0621. The molecule has 0 aromatic carbocycles. The molecular formula is C10H16O3. The molecule has 0 aromatic rings. The van der Waals surface area contributed by atoms with Crippen LogP contribution in [0.2, 0.25) is 0 Å². The molecule has 0 radical (unpaired) electrons. The Balaban J connectivity index is 2.12. The van der Waals surface area contributed by atoms with Crippen molar-refractivity contribution in [2.75, 3.05) is 6.61 Å². The number of esters is 1. The summed E-state index contributed by atoms with van der Waals surface area (Å²) < 4.78 is 11.1. The van der Waals surface area contributed by atoms with Crippen LogP contribution >= 0.6 is 0 Å². The first-order valence-electron chi connectivity index (χ1n) is 5.04. The number of hydrogen-bond acceptors (Lipinski definition) is 3. The molecule has 2 aliphatic heterocycles.